The smallest absolute Gasteiger partial charge is 0.487 e. The number of thiazole rings is 1. The van der Waals surface area contributed by atoms with Crippen LogP contribution in [-0.2, 0) is 23.1 Å². The molecule has 0 unspecified atom stereocenters. The fourth-order valence-electron chi connectivity index (χ4n) is 4.66. The van der Waals surface area contributed by atoms with E-state index in [0.29, 0.717) is 37.9 Å². The number of benzene rings is 3. The molecule has 3 aromatic carbocycles. The summed E-state index contributed by atoms with van der Waals surface area (Å²) in [6, 6.07) is 12.5. The molecule has 14 heteroatoms. The molecular weight excluding hydrogens is 591 g/mol. The fraction of sp³-hybridized carbons (Fsp3) is 0.296. The summed E-state index contributed by atoms with van der Waals surface area (Å²) < 4.78 is 102. The summed E-state index contributed by atoms with van der Waals surface area (Å²) in [5, 5.41) is 11.8. The van der Waals surface area contributed by atoms with E-state index in [2.05, 4.69) is 4.98 Å². The number of hydrogen-bond donors (Lipinski definition) is 2. The Balaban J connectivity index is 1.34. The molecule has 0 aliphatic carbocycles. The van der Waals surface area contributed by atoms with Gasteiger partial charge in [-0.1, -0.05) is 12.1 Å². The lowest BCUT2D eigenvalue weighted by Gasteiger charge is -2.43. The van der Waals surface area contributed by atoms with Crippen molar-refractivity contribution in [1.29, 1.82) is 0 Å². The van der Waals surface area contributed by atoms with Crippen molar-refractivity contribution in [2.45, 2.75) is 44.1 Å². The molecule has 4 aromatic rings. The summed E-state index contributed by atoms with van der Waals surface area (Å²) in [6.45, 7) is 3.54. The molecule has 1 aliphatic heterocycles. The average Bonchev–Trinajstić information content (AvgIpc) is 3.26. The second kappa shape index (κ2) is 10.4. The molecule has 0 amide bonds. The van der Waals surface area contributed by atoms with E-state index in [1.54, 1.807) is 38.1 Å². The van der Waals surface area contributed by atoms with Crippen molar-refractivity contribution in [3.63, 3.8) is 0 Å². The minimum Gasteiger partial charge on any atom is -0.487 e. The summed E-state index contributed by atoms with van der Waals surface area (Å²) in [6.07, 6.45) is -0.916. The number of anilines is 1. The number of nitrogens with one attached hydrogen (secondary N) is 1. The number of rotatable bonds is 7. The van der Waals surface area contributed by atoms with Gasteiger partial charge in [-0.15, -0.1) is 11.3 Å². The molecule has 0 spiro atoms. The Bertz CT molecular complexity index is 1680. The van der Waals surface area contributed by atoms with E-state index >= 15 is 0 Å². The minimum absolute atomic E-state index is 0.00781. The summed E-state index contributed by atoms with van der Waals surface area (Å²) in [7, 11) is -5.59. The molecule has 0 radical (unpaired) electrons. The number of ether oxygens (including phenoxy) is 2. The quantitative estimate of drug-likeness (QED) is 0.232. The second-order valence-electron chi connectivity index (χ2n) is 10.0. The third-order valence-corrected chi connectivity index (χ3v) is 8.83. The van der Waals surface area contributed by atoms with E-state index in [1.165, 1.54) is 22.9 Å². The van der Waals surface area contributed by atoms with Gasteiger partial charge in [-0.25, -0.2) is 13.8 Å². The van der Waals surface area contributed by atoms with Gasteiger partial charge in [0.2, 0.25) is 0 Å². The highest BCUT2D eigenvalue weighted by atomic mass is 32.2. The summed E-state index contributed by atoms with van der Waals surface area (Å²) >= 11 is 1.15. The molecule has 5 rings (SSSR count). The van der Waals surface area contributed by atoms with Crippen molar-refractivity contribution in [1.82, 2.24) is 4.98 Å². The van der Waals surface area contributed by atoms with Crippen molar-refractivity contribution in [3.05, 3.63) is 82.4 Å². The maximum atomic E-state index is 13.5. The van der Waals surface area contributed by atoms with Crippen LogP contribution in [-0.4, -0.2) is 29.6 Å². The molecule has 2 atom stereocenters. The monoisotopic (exact) mass is 614 g/mol. The highest BCUT2D eigenvalue weighted by Crippen LogP contribution is 2.46. The van der Waals surface area contributed by atoms with Gasteiger partial charge in [0.05, 0.1) is 16.3 Å². The molecule has 0 fully saturated rings. The predicted octanol–water partition coefficient (Wildman–Crippen LogP) is 6.48. The van der Waals surface area contributed by atoms with Gasteiger partial charge >= 0.3 is 15.5 Å². The maximum absolute atomic E-state index is 13.5. The molecular formula is C27H23F5N2O5S2. The molecule has 1 aliphatic rings. The van der Waals surface area contributed by atoms with Crippen LogP contribution in [0.1, 0.15) is 36.1 Å². The topological polar surface area (TPSA) is 97.8 Å². The third-order valence-electron chi connectivity index (χ3n) is 6.72. The first kappa shape index (κ1) is 29.0. The Labute approximate surface area is 235 Å². The van der Waals surface area contributed by atoms with Gasteiger partial charge in [-0.2, -0.15) is 21.6 Å². The normalized spacial score (nSPS) is 18.5. The zero-order valence-electron chi connectivity index (χ0n) is 21.5. The van der Waals surface area contributed by atoms with Crippen molar-refractivity contribution >= 4 is 37.3 Å². The lowest BCUT2D eigenvalue weighted by molar-refractivity contribution is -0.0536. The number of aromatic nitrogens is 1. The van der Waals surface area contributed by atoms with E-state index in [-0.39, 0.29) is 18.7 Å². The van der Waals surface area contributed by atoms with Crippen LogP contribution in [0.3, 0.4) is 0 Å². The second-order valence-corrected chi connectivity index (χ2v) is 12.8. The van der Waals surface area contributed by atoms with Crippen LogP contribution in [0.25, 0.3) is 10.2 Å². The average molecular weight is 615 g/mol. The summed E-state index contributed by atoms with van der Waals surface area (Å²) in [4.78, 5) is 4.26. The zero-order valence-corrected chi connectivity index (χ0v) is 23.1. The van der Waals surface area contributed by atoms with Crippen LogP contribution in [0.15, 0.2) is 54.6 Å². The van der Waals surface area contributed by atoms with Crippen LogP contribution >= 0.6 is 11.3 Å². The van der Waals surface area contributed by atoms with E-state index in [0.717, 1.165) is 23.5 Å². The van der Waals surface area contributed by atoms with E-state index < -0.39 is 44.8 Å². The molecule has 7 nitrogen and oxygen atoms in total. The number of alkyl halides is 3. The SMILES string of the molecule is CC1(C)Oc2ccc(OCc3nc4cc(F)c(F)cc4s3)cc2[C@H](O)[C@@H]1Cc1cccc(NS(=O)(=O)C(F)(F)F)c1. The van der Waals surface area contributed by atoms with Gasteiger partial charge in [-0.3, -0.25) is 4.72 Å². The molecule has 41 heavy (non-hydrogen) atoms. The lowest BCUT2D eigenvalue weighted by Crippen LogP contribution is -2.45. The van der Waals surface area contributed by atoms with Crippen LogP contribution in [0, 0.1) is 17.6 Å². The van der Waals surface area contributed by atoms with Crippen molar-refractivity contribution < 1.29 is 45.0 Å². The lowest BCUT2D eigenvalue weighted by atomic mass is 9.76. The van der Waals surface area contributed by atoms with Gasteiger partial charge in [0.25, 0.3) is 0 Å². The largest absolute Gasteiger partial charge is 0.516 e. The van der Waals surface area contributed by atoms with Crippen LogP contribution in [0.4, 0.5) is 27.6 Å². The van der Waals surface area contributed by atoms with Crippen molar-refractivity contribution in [3.8, 4) is 11.5 Å². The summed E-state index contributed by atoms with van der Waals surface area (Å²) in [5.74, 6) is -1.74. The standard InChI is InChI=1S/C27H23F5N2O5S2/c1-26(2)18(9-14-4-3-5-15(8-14)34-41(36,37)27(30,31)32)25(35)17-10-16(6-7-22(17)39-26)38-13-24-33-21-11-19(28)20(29)12-23(21)40-24/h3-8,10-12,18,25,34-35H,9,13H2,1-2H3/t18-,25-/m0/s1. The number of sulfonamides is 1. The predicted molar refractivity (Wildman–Crippen MR) is 142 cm³/mol. The van der Waals surface area contributed by atoms with Crippen LogP contribution < -0.4 is 14.2 Å². The molecule has 2 N–H and O–H groups in total. The number of halogens is 5. The Kier molecular flexibility index (Phi) is 7.37. The Morgan fingerprint density at radius 1 is 1.10 bits per heavy atom. The first-order valence-corrected chi connectivity index (χ1v) is 14.5. The highest BCUT2D eigenvalue weighted by molar-refractivity contribution is 7.93. The van der Waals surface area contributed by atoms with Crippen LogP contribution in [0.5, 0.6) is 11.5 Å². The summed E-state index contributed by atoms with van der Waals surface area (Å²) in [5.41, 5.74) is -5.42. The fourth-order valence-corrected chi connectivity index (χ4v) is 6.10. The van der Waals surface area contributed by atoms with E-state index in [1.807, 2.05) is 0 Å². The van der Waals surface area contributed by atoms with Gasteiger partial charge in [-0.05, 0) is 62.2 Å². The third kappa shape index (κ3) is 5.95. The molecule has 1 aromatic heterocycles. The van der Waals surface area contributed by atoms with Crippen molar-refractivity contribution in [2.24, 2.45) is 5.92 Å². The molecule has 0 saturated carbocycles. The number of fused-ring (bicyclic) bond motifs is 2. The molecule has 0 saturated heterocycles. The first-order chi connectivity index (χ1) is 19.1. The Morgan fingerprint density at radius 2 is 1.83 bits per heavy atom. The Hall–Kier alpha value is -3.49. The number of nitrogens with zero attached hydrogens (tertiary/aromatic N) is 1. The number of hydrogen-bond acceptors (Lipinski definition) is 7. The number of aliphatic hydroxyl groups is 1. The van der Waals surface area contributed by atoms with Gasteiger partial charge < -0.3 is 14.6 Å². The zero-order chi connectivity index (χ0) is 29.7. The van der Waals surface area contributed by atoms with Gasteiger partial charge in [0.1, 0.15) is 28.7 Å². The van der Waals surface area contributed by atoms with Crippen LogP contribution in [0.2, 0.25) is 0 Å². The molecule has 2 heterocycles. The maximum Gasteiger partial charge on any atom is 0.516 e. The first-order valence-electron chi connectivity index (χ1n) is 12.2. The Morgan fingerprint density at radius 3 is 2.56 bits per heavy atom. The number of aliphatic hydroxyl groups excluding tert-OH is 1. The van der Waals surface area contributed by atoms with E-state index in [4.69, 9.17) is 9.47 Å². The minimum atomic E-state index is -5.59. The van der Waals surface area contributed by atoms with Gasteiger partial charge in [0.15, 0.2) is 11.6 Å². The van der Waals surface area contributed by atoms with Crippen molar-refractivity contribution in [2.75, 3.05) is 4.72 Å². The molecule has 218 valence electrons. The highest BCUT2D eigenvalue weighted by Gasteiger charge is 2.46. The van der Waals surface area contributed by atoms with Gasteiger partial charge in [0, 0.05) is 23.2 Å². The molecule has 0 bridgehead atoms. The van der Waals surface area contributed by atoms with E-state index in [9.17, 15) is 35.5 Å².